The van der Waals surface area contributed by atoms with Gasteiger partial charge in [-0.15, -0.1) is 11.3 Å². The van der Waals surface area contributed by atoms with Crippen molar-refractivity contribution in [2.45, 2.75) is 45.6 Å². The SMILES string of the molecule is Cc1ccsc1C(=O)N1c2ccccc2C(C)CC1(C)C. The number of aryl methyl sites for hydroxylation is 1. The molecule has 1 unspecified atom stereocenters. The maximum atomic E-state index is 13.1. The molecule has 1 atom stereocenters. The Bertz CT molecular complexity index is 686. The summed E-state index contributed by atoms with van der Waals surface area (Å²) >= 11 is 1.54. The van der Waals surface area contributed by atoms with Crippen molar-refractivity contribution < 1.29 is 4.79 Å². The molecule has 0 radical (unpaired) electrons. The van der Waals surface area contributed by atoms with E-state index < -0.39 is 0 Å². The van der Waals surface area contributed by atoms with Gasteiger partial charge in [-0.25, -0.2) is 0 Å². The van der Waals surface area contributed by atoms with E-state index in [0.717, 1.165) is 22.5 Å². The number of hydrogen-bond acceptors (Lipinski definition) is 2. The Balaban J connectivity index is 2.13. The lowest BCUT2D eigenvalue weighted by Gasteiger charge is -2.45. The second-order valence-electron chi connectivity index (χ2n) is 6.55. The molecule has 0 N–H and O–H groups in total. The van der Waals surface area contributed by atoms with Crippen LogP contribution in [0.15, 0.2) is 35.7 Å². The number of benzene rings is 1. The topological polar surface area (TPSA) is 20.3 Å². The van der Waals surface area contributed by atoms with Crippen molar-refractivity contribution in [1.29, 1.82) is 0 Å². The van der Waals surface area contributed by atoms with Gasteiger partial charge in [0, 0.05) is 11.2 Å². The summed E-state index contributed by atoms with van der Waals surface area (Å²) in [6.45, 7) is 8.59. The maximum absolute atomic E-state index is 13.1. The van der Waals surface area contributed by atoms with Crippen molar-refractivity contribution >= 4 is 22.9 Å². The van der Waals surface area contributed by atoms with E-state index in [1.54, 1.807) is 0 Å². The third kappa shape index (κ3) is 2.30. The highest BCUT2D eigenvalue weighted by Crippen LogP contribution is 2.44. The second kappa shape index (κ2) is 4.99. The number of amides is 1. The lowest BCUT2D eigenvalue weighted by atomic mass is 9.80. The number of para-hydroxylation sites is 1. The molecule has 1 aliphatic rings. The average Bonchev–Trinajstić information content (AvgIpc) is 2.84. The minimum atomic E-state index is -0.165. The number of hydrogen-bond donors (Lipinski definition) is 0. The first-order chi connectivity index (χ1) is 9.92. The molecule has 0 bridgehead atoms. The Morgan fingerprint density at radius 1 is 1.29 bits per heavy atom. The van der Waals surface area contributed by atoms with E-state index >= 15 is 0 Å². The number of anilines is 1. The van der Waals surface area contributed by atoms with E-state index in [-0.39, 0.29) is 11.4 Å². The fourth-order valence-corrected chi connectivity index (χ4v) is 4.32. The first-order valence-electron chi connectivity index (χ1n) is 7.39. The zero-order chi connectivity index (χ0) is 15.2. The van der Waals surface area contributed by atoms with Gasteiger partial charge in [0.1, 0.15) is 0 Å². The molecule has 0 saturated heterocycles. The van der Waals surface area contributed by atoms with Crippen LogP contribution in [-0.2, 0) is 0 Å². The molecule has 0 fully saturated rings. The van der Waals surface area contributed by atoms with E-state index in [1.165, 1.54) is 16.9 Å². The Labute approximate surface area is 130 Å². The number of carbonyl (C=O) groups is 1. The summed E-state index contributed by atoms with van der Waals surface area (Å²) in [5.41, 5.74) is 3.25. The molecular formula is C18H21NOS. The molecule has 3 heteroatoms. The van der Waals surface area contributed by atoms with E-state index in [9.17, 15) is 4.79 Å². The molecular weight excluding hydrogens is 278 g/mol. The van der Waals surface area contributed by atoms with E-state index in [4.69, 9.17) is 0 Å². The molecule has 110 valence electrons. The molecule has 2 heterocycles. The molecule has 1 aromatic carbocycles. The number of nitrogens with zero attached hydrogens (tertiary/aromatic N) is 1. The highest BCUT2D eigenvalue weighted by Gasteiger charge is 2.40. The van der Waals surface area contributed by atoms with Crippen LogP contribution < -0.4 is 4.90 Å². The molecule has 1 amide bonds. The van der Waals surface area contributed by atoms with E-state index in [1.807, 2.05) is 29.3 Å². The van der Waals surface area contributed by atoms with Gasteiger partial charge in [-0.2, -0.15) is 0 Å². The van der Waals surface area contributed by atoms with Crippen molar-refractivity contribution in [1.82, 2.24) is 0 Å². The van der Waals surface area contributed by atoms with Gasteiger partial charge in [-0.1, -0.05) is 25.1 Å². The molecule has 3 rings (SSSR count). The molecule has 21 heavy (non-hydrogen) atoms. The first kappa shape index (κ1) is 14.3. The highest BCUT2D eigenvalue weighted by molar-refractivity contribution is 7.12. The molecule has 2 aromatic rings. The van der Waals surface area contributed by atoms with Gasteiger partial charge >= 0.3 is 0 Å². The van der Waals surface area contributed by atoms with Crippen LogP contribution in [0.1, 0.15) is 53.9 Å². The van der Waals surface area contributed by atoms with E-state index in [0.29, 0.717) is 5.92 Å². The average molecular weight is 299 g/mol. The zero-order valence-electron chi connectivity index (χ0n) is 13.0. The predicted octanol–water partition coefficient (Wildman–Crippen LogP) is 4.99. The Morgan fingerprint density at radius 2 is 2.00 bits per heavy atom. The Morgan fingerprint density at radius 3 is 2.67 bits per heavy atom. The van der Waals surface area contributed by atoms with Crippen LogP contribution >= 0.6 is 11.3 Å². The lowest BCUT2D eigenvalue weighted by Crippen LogP contribution is -2.51. The van der Waals surface area contributed by atoms with E-state index in [2.05, 4.69) is 39.0 Å². The van der Waals surface area contributed by atoms with Gasteiger partial charge < -0.3 is 4.90 Å². The smallest absolute Gasteiger partial charge is 0.269 e. The minimum absolute atomic E-state index is 0.131. The molecule has 1 aliphatic heterocycles. The summed E-state index contributed by atoms with van der Waals surface area (Å²) < 4.78 is 0. The number of carbonyl (C=O) groups excluding carboxylic acids is 1. The van der Waals surface area contributed by atoms with Crippen LogP contribution in [-0.4, -0.2) is 11.4 Å². The standard InChI is InChI=1S/C18H21NOS/c1-12-9-10-21-16(12)17(20)19-15-8-6-5-7-14(15)13(2)11-18(19,3)4/h5-10,13H,11H2,1-4H3. The minimum Gasteiger partial charge on any atom is -0.302 e. The van der Waals surface area contributed by atoms with Crippen LogP contribution in [0.5, 0.6) is 0 Å². The third-order valence-corrected chi connectivity index (χ3v) is 5.38. The van der Waals surface area contributed by atoms with Crippen molar-refractivity contribution in [3.05, 3.63) is 51.7 Å². The predicted molar refractivity (Wildman–Crippen MR) is 89.4 cm³/mol. The number of rotatable bonds is 1. The van der Waals surface area contributed by atoms with Gasteiger partial charge in [-0.3, -0.25) is 4.79 Å². The van der Waals surface area contributed by atoms with Crippen molar-refractivity contribution in [2.75, 3.05) is 4.90 Å². The normalized spacial score (nSPS) is 20.2. The summed E-state index contributed by atoms with van der Waals surface area (Å²) in [5.74, 6) is 0.608. The van der Waals surface area contributed by atoms with Crippen molar-refractivity contribution in [3.63, 3.8) is 0 Å². The van der Waals surface area contributed by atoms with Gasteiger partial charge in [0.2, 0.25) is 0 Å². The van der Waals surface area contributed by atoms with Crippen molar-refractivity contribution in [2.24, 2.45) is 0 Å². The summed E-state index contributed by atoms with van der Waals surface area (Å²) in [6.07, 6.45) is 0.986. The van der Waals surface area contributed by atoms with Gasteiger partial charge in [-0.05, 0) is 61.7 Å². The van der Waals surface area contributed by atoms with Crippen molar-refractivity contribution in [3.8, 4) is 0 Å². The zero-order valence-corrected chi connectivity index (χ0v) is 13.8. The number of fused-ring (bicyclic) bond motifs is 1. The Hall–Kier alpha value is -1.61. The summed E-state index contributed by atoms with van der Waals surface area (Å²) in [4.78, 5) is 16.0. The monoisotopic (exact) mass is 299 g/mol. The summed E-state index contributed by atoms with van der Waals surface area (Å²) in [5, 5.41) is 1.99. The van der Waals surface area contributed by atoms with Gasteiger partial charge in [0.05, 0.1) is 4.88 Å². The summed E-state index contributed by atoms with van der Waals surface area (Å²) in [6, 6.07) is 10.3. The lowest BCUT2D eigenvalue weighted by molar-refractivity contribution is 0.0957. The molecule has 0 spiro atoms. The van der Waals surface area contributed by atoms with Crippen LogP contribution in [0, 0.1) is 6.92 Å². The maximum Gasteiger partial charge on any atom is 0.269 e. The van der Waals surface area contributed by atoms with Gasteiger partial charge in [0.15, 0.2) is 0 Å². The third-order valence-electron chi connectivity index (χ3n) is 4.38. The van der Waals surface area contributed by atoms with Crippen LogP contribution in [0.2, 0.25) is 0 Å². The van der Waals surface area contributed by atoms with Crippen LogP contribution in [0.3, 0.4) is 0 Å². The number of thiophene rings is 1. The quantitative estimate of drug-likeness (QED) is 0.726. The van der Waals surface area contributed by atoms with Crippen LogP contribution in [0.4, 0.5) is 5.69 Å². The molecule has 0 aliphatic carbocycles. The Kier molecular flexibility index (Phi) is 3.40. The fraction of sp³-hybridized carbons (Fsp3) is 0.389. The summed E-state index contributed by atoms with van der Waals surface area (Å²) in [7, 11) is 0. The van der Waals surface area contributed by atoms with Gasteiger partial charge in [0.25, 0.3) is 5.91 Å². The molecule has 1 aromatic heterocycles. The largest absolute Gasteiger partial charge is 0.302 e. The molecule has 2 nitrogen and oxygen atoms in total. The molecule has 0 saturated carbocycles. The first-order valence-corrected chi connectivity index (χ1v) is 8.27. The fourth-order valence-electron chi connectivity index (χ4n) is 3.46. The second-order valence-corrected chi connectivity index (χ2v) is 7.47. The van der Waals surface area contributed by atoms with Crippen LogP contribution in [0.25, 0.3) is 0 Å². The highest BCUT2D eigenvalue weighted by atomic mass is 32.1.